The molecule has 0 aliphatic carbocycles. The Morgan fingerprint density at radius 3 is 2.90 bits per heavy atom. The van der Waals surface area contributed by atoms with Crippen LogP contribution in [-0.4, -0.2) is 19.7 Å². The summed E-state index contributed by atoms with van der Waals surface area (Å²) in [5.74, 6) is 0.536. The van der Waals surface area contributed by atoms with Gasteiger partial charge in [0.25, 0.3) is 0 Å². The van der Waals surface area contributed by atoms with E-state index in [9.17, 15) is 4.39 Å². The van der Waals surface area contributed by atoms with Gasteiger partial charge in [-0.05, 0) is 31.2 Å². The lowest BCUT2D eigenvalue weighted by atomic mass is 10.1. The lowest BCUT2D eigenvalue weighted by molar-refractivity contribution is 0.629. The first-order valence-electron chi connectivity index (χ1n) is 6.27. The number of nitrogens with one attached hydrogen (secondary N) is 1. The number of hydrogen-bond acceptors (Lipinski definition) is 4. The normalized spacial score (nSPS) is 10.9. The van der Waals surface area contributed by atoms with E-state index < -0.39 is 0 Å². The van der Waals surface area contributed by atoms with Gasteiger partial charge in [0.05, 0.1) is 12.1 Å². The van der Waals surface area contributed by atoms with Crippen molar-refractivity contribution in [3.8, 4) is 0 Å². The van der Waals surface area contributed by atoms with Crippen molar-refractivity contribution >= 4 is 16.6 Å². The molecule has 1 N–H and O–H groups in total. The van der Waals surface area contributed by atoms with E-state index in [2.05, 4.69) is 20.4 Å². The fourth-order valence-corrected chi connectivity index (χ4v) is 2.13. The summed E-state index contributed by atoms with van der Waals surface area (Å²) in [6.07, 6.45) is 1.51. The van der Waals surface area contributed by atoms with Crippen LogP contribution in [0.25, 0.3) is 10.9 Å². The summed E-state index contributed by atoms with van der Waals surface area (Å²) in [7, 11) is 1.83. The first-order chi connectivity index (χ1) is 9.63. The molecule has 5 nitrogen and oxygen atoms in total. The Hall–Kier alpha value is -2.50. The van der Waals surface area contributed by atoms with Gasteiger partial charge < -0.3 is 5.32 Å². The van der Waals surface area contributed by atoms with Crippen molar-refractivity contribution < 1.29 is 4.39 Å². The van der Waals surface area contributed by atoms with Crippen LogP contribution in [0, 0.1) is 12.7 Å². The minimum atomic E-state index is -0.273. The molecule has 0 unspecified atom stereocenters. The van der Waals surface area contributed by atoms with E-state index in [1.807, 2.05) is 20.0 Å². The maximum atomic E-state index is 13.4. The maximum absolute atomic E-state index is 13.4. The molecule has 0 atom stereocenters. The van der Waals surface area contributed by atoms with Crippen LogP contribution < -0.4 is 5.32 Å². The lowest BCUT2D eigenvalue weighted by Crippen LogP contribution is -2.07. The monoisotopic (exact) mass is 271 g/mol. The zero-order valence-electron chi connectivity index (χ0n) is 11.3. The van der Waals surface area contributed by atoms with Crippen LogP contribution in [0.15, 0.2) is 30.6 Å². The largest absolute Gasteiger partial charge is 0.377 e. The van der Waals surface area contributed by atoms with E-state index in [4.69, 9.17) is 0 Å². The summed E-state index contributed by atoms with van der Waals surface area (Å²) in [4.78, 5) is 8.55. The SMILES string of the molecule is Cc1cc(NCc2ncnn2C)c2cc(F)ccc2n1. The summed E-state index contributed by atoms with van der Waals surface area (Å²) in [5.41, 5.74) is 2.49. The molecule has 0 saturated carbocycles. The molecule has 3 aromatic rings. The molecular formula is C14H14FN5. The number of hydrogen-bond donors (Lipinski definition) is 1. The Bertz CT molecular complexity index is 765. The molecule has 0 saturated heterocycles. The highest BCUT2D eigenvalue weighted by atomic mass is 19.1. The number of halogens is 1. The van der Waals surface area contributed by atoms with Crippen molar-refractivity contribution in [3.63, 3.8) is 0 Å². The van der Waals surface area contributed by atoms with E-state index in [-0.39, 0.29) is 5.82 Å². The van der Waals surface area contributed by atoms with Crippen LogP contribution in [0.5, 0.6) is 0 Å². The molecule has 0 bridgehead atoms. The van der Waals surface area contributed by atoms with Crippen molar-refractivity contribution in [2.45, 2.75) is 13.5 Å². The fraction of sp³-hybridized carbons (Fsp3) is 0.214. The molecule has 3 rings (SSSR count). The second-order valence-corrected chi connectivity index (χ2v) is 4.63. The second-order valence-electron chi connectivity index (χ2n) is 4.63. The van der Waals surface area contributed by atoms with Gasteiger partial charge in [-0.15, -0.1) is 0 Å². The first kappa shape index (κ1) is 12.5. The van der Waals surface area contributed by atoms with E-state index in [0.29, 0.717) is 6.54 Å². The van der Waals surface area contributed by atoms with Crippen LogP contribution >= 0.6 is 0 Å². The van der Waals surface area contributed by atoms with Crippen molar-refractivity contribution in [1.29, 1.82) is 0 Å². The lowest BCUT2D eigenvalue weighted by Gasteiger charge is -2.10. The topological polar surface area (TPSA) is 55.6 Å². The van der Waals surface area contributed by atoms with Crippen LogP contribution in [0.3, 0.4) is 0 Å². The van der Waals surface area contributed by atoms with Gasteiger partial charge in [0.1, 0.15) is 18.0 Å². The van der Waals surface area contributed by atoms with Gasteiger partial charge in [-0.1, -0.05) is 0 Å². The molecule has 20 heavy (non-hydrogen) atoms. The maximum Gasteiger partial charge on any atom is 0.145 e. The van der Waals surface area contributed by atoms with Crippen molar-refractivity contribution in [3.05, 3.63) is 47.9 Å². The van der Waals surface area contributed by atoms with Gasteiger partial charge in [0.15, 0.2) is 0 Å². The average Bonchev–Trinajstić information content (AvgIpc) is 2.82. The zero-order chi connectivity index (χ0) is 14.1. The van der Waals surface area contributed by atoms with Gasteiger partial charge in [-0.2, -0.15) is 5.10 Å². The minimum absolute atomic E-state index is 0.273. The molecule has 2 heterocycles. The van der Waals surface area contributed by atoms with E-state index in [0.717, 1.165) is 28.1 Å². The summed E-state index contributed by atoms with van der Waals surface area (Å²) >= 11 is 0. The number of pyridine rings is 1. The predicted octanol–water partition coefficient (Wildman–Crippen LogP) is 2.42. The number of fused-ring (bicyclic) bond motifs is 1. The highest BCUT2D eigenvalue weighted by Gasteiger charge is 2.07. The molecule has 0 aliphatic rings. The van der Waals surface area contributed by atoms with E-state index >= 15 is 0 Å². The van der Waals surface area contributed by atoms with E-state index in [1.54, 1.807) is 10.7 Å². The van der Waals surface area contributed by atoms with Crippen LogP contribution in [0.4, 0.5) is 10.1 Å². The molecular weight excluding hydrogens is 257 g/mol. The number of aryl methyl sites for hydroxylation is 2. The summed E-state index contributed by atoms with van der Waals surface area (Å²) in [6.45, 7) is 2.43. The van der Waals surface area contributed by atoms with Gasteiger partial charge in [0.2, 0.25) is 0 Å². The van der Waals surface area contributed by atoms with Crippen molar-refractivity contribution in [1.82, 2.24) is 19.7 Å². The third-order valence-electron chi connectivity index (χ3n) is 3.14. The number of anilines is 1. The average molecular weight is 271 g/mol. The predicted molar refractivity (Wildman–Crippen MR) is 74.8 cm³/mol. The second kappa shape index (κ2) is 4.88. The molecule has 1 aromatic carbocycles. The van der Waals surface area contributed by atoms with Crippen LogP contribution in [0.2, 0.25) is 0 Å². The number of nitrogens with zero attached hydrogens (tertiary/aromatic N) is 4. The molecule has 6 heteroatoms. The minimum Gasteiger partial charge on any atom is -0.377 e. The smallest absolute Gasteiger partial charge is 0.145 e. The highest BCUT2D eigenvalue weighted by molar-refractivity contribution is 5.91. The molecule has 102 valence electrons. The Morgan fingerprint density at radius 1 is 1.30 bits per heavy atom. The van der Waals surface area contributed by atoms with Crippen LogP contribution in [0.1, 0.15) is 11.5 Å². The Kier molecular flexibility index (Phi) is 3.06. The third kappa shape index (κ3) is 2.32. The molecule has 0 radical (unpaired) electrons. The fourth-order valence-electron chi connectivity index (χ4n) is 2.13. The first-order valence-corrected chi connectivity index (χ1v) is 6.27. The van der Waals surface area contributed by atoms with Gasteiger partial charge in [-0.25, -0.2) is 9.37 Å². The highest BCUT2D eigenvalue weighted by Crippen LogP contribution is 2.24. The Morgan fingerprint density at radius 2 is 2.15 bits per heavy atom. The van der Waals surface area contributed by atoms with Crippen LogP contribution in [-0.2, 0) is 13.6 Å². The van der Waals surface area contributed by atoms with Gasteiger partial charge >= 0.3 is 0 Å². The van der Waals surface area contributed by atoms with E-state index in [1.165, 1.54) is 18.5 Å². The van der Waals surface area contributed by atoms with Crippen molar-refractivity contribution in [2.24, 2.45) is 7.05 Å². The third-order valence-corrected chi connectivity index (χ3v) is 3.14. The van der Waals surface area contributed by atoms with Crippen molar-refractivity contribution in [2.75, 3.05) is 5.32 Å². The Balaban J connectivity index is 1.98. The van der Waals surface area contributed by atoms with Gasteiger partial charge in [0, 0.05) is 23.8 Å². The molecule has 0 spiro atoms. The molecule has 0 fully saturated rings. The number of benzene rings is 1. The molecule has 0 aliphatic heterocycles. The zero-order valence-corrected chi connectivity index (χ0v) is 11.3. The quantitative estimate of drug-likeness (QED) is 0.795. The summed E-state index contributed by atoms with van der Waals surface area (Å²) in [5, 5.41) is 8.05. The molecule has 2 aromatic heterocycles. The number of aromatic nitrogens is 4. The number of rotatable bonds is 3. The van der Waals surface area contributed by atoms with Gasteiger partial charge in [-0.3, -0.25) is 9.67 Å². The summed E-state index contributed by atoms with van der Waals surface area (Å²) < 4.78 is 15.1. The standard InChI is InChI=1S/C14H14FN5/c1-9-5-13(16-7-14-17-8-18-20(14)2)11-6-10(15)3-4-12(11)19-9/h3-6,8H,7H2,1-2H3,(H,16,19). The Labute approximate surface area is 115 Å². The molecule has 0 amide bonds. The summed E-state index contributed by atoms with van der Waals surface area (Å²) in [6, 6.07) is 6.49.